The summed E-state index contributed by atoms with van der Waals surface area (Å²) in [5.74, 6) is 0.539. The zero-order chi connectivity index (χ0) is 11.2. The zero-order valence-corrected chi connectivity index (χ0v) is 10.9. The third-order valence-corrected chi connectivity index (χ3v) is 3.18. The summed E-state index contributed by atoms with van der Waals surface area (Å²) in [5, 5.41) is 9.73. The van der Waals surface area contributed by atoms with Crippen molar-refractivity contribution in [3.8, 4) is 0 Å². The van der Waals surface area contributed by atoms with E-state index in [0.717, 1.165) is 5.56 Å². The molecule has 1 N–H and O–H groups in total. The monoisotopic (exact) mass is 270 g/mol. The fourth-order valence-corrected chi connectivity index (χ4v) is 1.93. The summed E-state index contributed by atoms with van der Waals surface area (Å²) in [5.41, 5.74) is 1.09. The van der Waals surface area contributed by atoms with E-state index < -0.39 is 0 Å². The van der Waals surface area contributed by atoms with Crippen molar-refractivity contribution in [3.05, 3.63) is 60.2 Å². The third-order valence-electron chi connectivity index (χ3n) is 3.18. The summed E-state index contributed by atoms with van der Waals surface area (Å²) in [4.78, 5) is 0. The summed E-state index contributed by atoms with van der Waals surface area (Å²) in [6.45, 7) is 0. The minimum atomic E-state index is -0.196. The number of hydrogen-bond donors (Lipinski definition) is 1. The zero-order valence-electron chi connectivity index (χ0n) is 9.77. The van der Waals surface area contributed by atoms with Crippen LogP contribution in [0.5, 0.6) is 0 Å². The van der Waals surface area contributed by atoms with E-state index in [9.17, 15) is 5.11 Å². The van der Waals surface area contributed by atoms with E-state index in [1.54, 1.807) is 0 Å². The molecular weight excluding hydrogens is 252 g/mol. The van der Waals surface area contributed by atoms with E-state index >= 15 is 0 Å². The van der Waals surface area contributed by atoms with Crippen LogP contribution in [0.2, 0.25) is 0 Å². The first-order chi connectivity index (χ1) is 7.88. The van der Waals surface area contributed by atoms with E-state index in [1.165, 1.54) is 19.3 Å². The predicted octanol–water partition coefficient (Wildman–Crippen LogP) is 3.64. The Kier molecular flexibility index (Phi) is 6.28. The van der Waals surface area contributed by atoms with E-state index in [2.05, 4.69) is 0 Å². The van der Waals surface area contributed by atoms with Gasteiger partial charge in [0.2, 0.25) is 0 Å². The smallest absolute Gasteiger partial charge is 0 e. The first-order valence-electron chi connectivity index (χ1n) is 5.94. The second-order valence-corrected chi connectivity index (χ2v) is 4.32. The Balaban J connectivity index is 0.000000205. The molecule has 1 aliphatic rings. The Morgan fingerprint density at radius 2 is 1.71 bits per heavy atom. The summed E-state index contributed by atoms with van der Waals surface area (Å²) in [6, 6.07) is 18.0. The van der Waals surface area contributed by atoms with Gasteiger partial charge in [0, 0.05) is 17.1 Å². The van der Waals surface area contributed by atoms with Crippen LogP contribution in [0.25, 0.3) is 0 Å². The maximum absolute atomic E-state index is 9.73. The quantitative estimate of drug-likeness (QED) is 0.652. The average molecular weight is 270 g/mol. The summed E-state index contributed by atoms with van der Waals surface area (Å²) in [6.07, 6.45) is 3.50. The Hall–Kier alpha value is -0.821. The van der Waals surface area contributed by atoms with Crippen LogP contribution in [-0.4, -0.2) is 5.11 Å². The molecule has 2 aromatic rings. The first kappa shape index (κ1) is 14.2. The van der Waals surface area contributed by atoms with E-state index in [0.29, 0.717) is 5.92 Å². The van der Waals surface area contributed by atoms with Gasteiger partial charge in [-0.15, -0.1) is 6.10 Å². The topological polar surface area (TPSA) is 20.2 Å². The van der Waals surface area contributed by atoms with Gasteiger partial charge in [-0.3, -0.25) is 0 Å². The van der Waals surface area contributed by atoms with Crippen molar-refractivity contribution in [1.82, 2.24) is 0 Å². The Morgan fingerprint density at radius 3 is 2.06 bits per heavy atom. The Morgan fingerprint density at radius 1 is 1.12 bits per heavy atom. The van der Waals surface area contributed by atoms with Gasteiger partial charge >= 0.3 is 0 Å². The fourth-order valence-electron chi connectivity index (χ4n) is 1.93. The number of hydrogen-bond acceptors (Lipinski definition) is 1. The molecular formula is C15H18FeO-6. The van der Waals surface area contributed by atoms with Gasteiger partial charge < -0.3 is 34.9 Å². The van der Waals surface area contributed by atoms with Crippen LogP contribution in [0.3, 0.4) is 0 Å². The van der Waals surface area contributed by atoms with Gasteiger partial charge in [-0.05, 0) is 5.92 Å². The number of rotatable bonds is 2. The number of aliphatic hydroxyl groups excluding tert-OH is 1. The van der Waals surface area contributed by atoms with Gasteiger partial charge in [-0.25, -0.2) is 12.1 Å². The standard InChI is InChI=1S/C10H13O.C5H5.Fe/c11-10(9-6-3-7-9)8-4-1-2-5-8;1-2-4-5-3-1;/h1-2,4-5,9-11H,3,6-7H2;1-5H;/q-5;-1;. The molecule has 1 nitrogen and oxygen atoms in total. The van der Waals surface area contributed by atoms with Crippen molar-refractivity contribution >= 4 is 0 Å². The van der Waals surface area contributed by atoms with Crippen molar-refractivity contribution in [2.24, 2.45) is 5.92 Å². The molecule has 0 aromatic heterocycles. The second-order valence-electron chi connectivity index (χ2n) is 4.32. The average Bonchev–Trinajstić information content (AvgIpc) is 2.92. The van der Waals surface area contributed by atoms with Crippen molar-refractivity contribution < 1.29 is 22.2 Å². The van der Waals surface area contributed by atoms with Crippen LogP contribution in [-0.2, 0) is 17.1 Å². The Bertz CT molecular complexity index is 342. The van der Waals surface area contributed by atoms with Crippen molar-refractivity contribution in [1.29, 1.82) is 0 Å². The molecule has 0 radical (unpaired) electrons. The molecule has 1 unspecified atom stereocenters. The van der Waals surface area contributed by atoms with Gasteiger partial charge in [-0.1, -0.05) is 19.3 Å². The molecule has 0 aliphatic heterocycles. The maximum Gasteiger partial charge on any atom is 0 e. The molecule has 1 atom stereocenters. The molecule has 98 valence electrons. The van der Waals surface area contributed by atoms with Gasteiger partial charge in [0.25, 0.3) is 0 Å². The minimum absolute atomic E-state index is 0. The molecule has 1 saturated carbocycles. The van der Waals surface area contributed by atoms with Crippen LogP contribution in [0.4, 0.5) is 0 Å². The normalized spacial score (nSPS) is 16.1. The van der Waals surface area contributed by atoms with E-state index in [4.69, 9.17) is 0 Å². The summed E-state index contributed by atoms with van der Waals surface area (Å²) < 4.78 is 0. The van der Waals surface area contributed by atoms with Crippen molar-refractivity contribution in [2.75, 3.05) is 0 Å². The third kappa shape index (κ3) is 4.16. The van der Waals surface area contributed by atoms with Crippen LogP contribution in [0.15, 0.2) is 54.6 Å². The van der Waals surface area contributed by atoms with Gasteiger partial charge in [0.1, 0.15) is 0 Å². The van der Waals surface area contributed by atoms with E-state index in [-0.39, 0.29) is 23.2 Å². The molecule has 2 aromatic carbocycles. The molecule has 3 rings (SSSR count). The summed E-state index contributed by atoms with van der Waals surface area (Å²) >= 11 is 0. The molecule has 2 heteroatoms. The molecule has 17 heavy (non-hydrogen) atoms. The van der Waals surface area contributed by atoms with E-state index in [1.807, 2.05) is 54.6 Å². The second kappa shape index (κ2) is 7.49. The van der Waals surface area contributed by atoms with Gasteiger partial charge in [0.15, 0.2) is 0 Å². The van der Waals surface area contributed by atoms with Crippen molar-refractivity contribution in [3.63, 3.8) is 0 Å². The summed E-state index contributed by atoms with van der Waals surface area (Å²) in [7, 11) is 0. The van der Waals surface area contributed by atoms with Crippen LogP contribution < -0.4 is 0 Å². The molecule has 0 spiro atoms. The first-order valence-corrected chi connectivity index (χ1v) is 5.94. The van der Waals surface area contributed by atoms with Gasteiger partial charge in [-0.2, -0.15) is 18.2 Å². The number of aliphatic hydroxyl groups is 1. The largest absolute Gasteiger partial charge is 0.747 e. The molecule has 0 bridgehead atoms. The SMILES string of the molecule is OC([c-]1[cH-][cH-][cH-][cH-]1)C1CCC1.[Fe].c1cc[cH-]c1. The van der Waals surface area contributed by atoms with Gasteiger partial charge in [0.05, 0.1) is 0 Å². The van der Waals surface area contributed by atoms with Crippen LogP contribution in [0.1, 0.15) is 30.9 Å². The molecule has 1 aliphatic carbocycles. The molecule has 0 amide bonds. The Labute approximate surface area is 114 Å². The minimum Gasteiger partial charge on any atom is -0.747 e. The molecule has 0 saturated heterocycles. The molecule has 1 fully saturated rings. The van der Waals surface area contributed by atoms with Crippen LogP contribution >= 0.6 is 0 Å². The fraction of sp³-hybridized carbons (Fsp3) is 0.333. The predicted molar refractivity (Wildman–Crippen MR) is 66.4 cm³/mol. The van der Waals surface area contributed by atoms with Crippen LogP contribution in [0, 0.1) is 5.92 Å². The van der Waals surface area contributed by atoms with Crippen molar-refractivity contribution in [2.45, 2.75) is 25.4 Å². The maximum atomic E-state index is 9.73. The molecule has 0 heterocycles.